The maximum absolute atomic E-state index is 11.6. The zero-order valence-corrected chi connectivity index (χ0v) is 9.61. The topological polar surface area (TPSA) is 70.8 Å². The van der Waals surface area contributed by atoms with Crippen LogP contribution in [0.2, 0.25) is 0 Å². The van der Waals surface area contributed by atoms with E-state index < -0.39 is 9.84 Å². The average Bonchev–Trinajstić information content (AvgIpc) is 2.37. The standard InChI is InChI=1S/C12H8N2O2S/c1-2-17(15,16)12-7-9(8-13)10-5-3-4-6-11(10)14-12/h2-7H,1H2. The zero-order chi connectivity index (χ0) is 12.5. The average molecular weight is 244 g/mol. The molecule has 0 aliphatic rings. The number of fused-ring (bicyclic) bond motifs is 1. The highest BCUT2D eigenvalue weighted by atomic mass is 32.2. The third kappa shape index (κ3) is 1.90. The van der Waals surface area contributed by atoms with E-state index in [0.717, 1.165) is 5.41 Å². The Balaban J connectivity index is 2.88. The van der Waals surface area contributed by atoms with Gasteiger partial charge in [-0.25, -0.2) is 13.4 Å². The summed E-state index contributed by atoms with van der Waals surface area (Å²) >= 11 is 0. The van der Waals surface area contributed by atoms with E-state index in [0.29, 0.717) is 10.9 Å². The Morgan fingerprint density at radius 3 is 2.71 bits per heavy atom. The number of sulfone groups is 1. The third-order valence-corrected chi connectivity index (χ3v) is 3.56. The summed E-state index contributed by atoms with van der Waals surface area (Å²) in [6.07, 6.45) is 0. The van der Waals surface area contributed by atoms with Crippen LogP contribution in [0.15, 0.2) is 47.3 Å². The molecule has 0 atom stereocenters. The van der Waals surface area contributed by atoms with Crippen molar-refractivity contribution in [1.82, 2.24) is 4.98 Å². The highest BCUT2D eigenvalue weighted by molar-refractivity contribution is 7.94. The van der Waals surface area contributed by atoms with E-state index in [9.17, 15) is 8.42 Å². The fourth-order valence-corrected chi connectivity index (χ4v) is 2.15. The first-order valence-electron chi connectivity index (χ1n) is 4.76. The largest absolute Gasteiger partial charge is 0.236 e. The minimum absolute atomic E-state index is 0.150. The number of nitriles is 1. The fraction of sp³-hybridized carbons (Fsp3) is 0. The number of pyridine rings is 1. The Morgan fingerprint density at radius 1 is 1.35 bits per heavy atom. The van der Waals surface area contributed by atoms with Gasteiger partial charge in [0.25, 0.3) is 0 Å². The molecule has 0 aliphatic carbocycles. The first kappa shape index (κ1) is 11.3. The number of para-hydroxylation sites is 1. The van der Waals surface area contributed by atoms with Gasteiger partial charge in [-0.2, -0.15) is 5.26 Å². The van der Waals surface area contributed by atoms with Gasteiger partial charge < -0.3 is 0 Å². The molecule has 0 fully saturated rings. The molecule has 0 bridgehead atoms. The Labute approximate surface area is 98.8 Å². The van der Waals surface area contributed by atoms with Crippen LogP contribution < -0.4 is 0 Å². The summed E-state index contributed by atoms with van der Waals surface area (Å²) in [5.74, 6) is 0. The van der Waals surface area contributed by atoms with Crippen LogP contribution >= 0.6 is 0 Å². The molecule has 0 spiro atoms. The number of nitrogens with zero attached hydrogens (tertiary/aromatic N) is 2. The Kier molecular flexibility index (Phi) is 2.66. The summed E-state index contributed by atoms with van der Waals surface area (Å²) in [4.78, 5) is 4.02. The second kappa shape index (κ2) is 4.00. The highest BCUT2D eigenvalue weighted by Crippen LogP contribution is 2.20. The second-order valence-electron chi connectivity index (χ2n) is 3.35. The lowest BCUT2D eigenvalue weighted by atomic mass is 10.1. The molecular formula is C12H8N2O2S. The summed E-state index contributed by atoms with van der Waals surface area (Å²) in [7, 11) is -3.62. The Morgan fingerprint density at radius 2 is 2.06 bits per heavy atom. The zero-order valence-electron chi connectivity index (χ0n) is 8.79. The van der Waals surface area contributed by atoms with Gasteiger partial charge in [-0.1, -0.05) is 24.8 Å². The van der Waals surface area contributed by atoms with Crippen LogP contribution in [0.1, 0.15) is 5.56 Å². The van der Waals surface area contributed by atoms with Crippen LogP contribution in [0.3, 0.4) is 0 Å². The van der Waals surface area contributed by atoms with Crippen molar-refractivity contribution < 1.29 is 8.42 Å². The van der Waals surface area contributed by atoms with Crippen molar-refractivity contribution in [1.29, 1.82) is 5.26 Å². The van der Waals surface area contributed by atoms with E-state index in [1.165, 1.54) is 6.07 Å². The van der Waals surface area contributed by atoms with Crippen molar-refractivity contribution in [2.45, 2.75) is 5.03 Å². The molecule has 0 amide bonds. The molecule has 84 valence electrons. The van der Waals surface area contributed by atoms with Crippen LogP contribution in [-0.2, 0) is 9.84 Å². The molecule has 17 heavy (non-hydrogen) atoms. The lowest BCUT2D eigenvalue weighted by Crippen LogP contribution is -2.00. The molecule has 2 rings (SSSR count). The number of rotatable bonds is 2. The van der Waals surface area contributed by atoms with Gasteiger partial charge >= 0.3 is 0 Å². The van der Waals surface area contributed by atoms with Gasteiger partial charge in [0.15, 0.2) is 5.03 Å². The number of hydrogen-bond donors (Lipinski definition) is 0. The van der Waals surface area contributed by atoms with Gasteiger partial charge in [0.1, 0.15) is 0 Å². The maximum atomic E-state index is 11.6. The van der Waals surface area contributed by atoms with Gasteiger partial charge in [0, 0.05) is 10.8 Å². The molecule has 5 heteroatoms. The maximum Gasteiger partial charge on any atom is 0.216 e. The predicted molar refractivity (Wildman–Crippen MR) is 63.8 cm³/mol. The summed E-state index contributed by atoms with van der Waals surface area (Å²) in [5.41, 5.74) is 0.767. The van der Waals surface area contributed by atoms with Gasteiger partial charge in [0.05, 0.1) is 17.1 Å². The molecule has 1 aromatic heterocycles. The molecule has 0 saturated heterocycles. The predicted octanol–water partition coefficient (Wildman–Crippen LogP) is 2.02. The monoisotopic (exact) mass is 244 g/mol. The lowest BCUT2D eigenvalue weighted by molar-refractivity contribution is 0.601. The van der Waals surface area contributed by atoms with E-state index >= 15 is 0 Å². The third-order valence-electron chi connectivity index (χ3n) is 2.32. The second-order valence-corrected chi connectivity index (χ2v) is 5.19. The normalized spacial score (nSPS) is 11.0. The Hall–Kier alpha value is -2.19. The molecular weight excluding hydrogens is 236 g/mol. The van der Waals surface area contributed by atoms with Crippen molar-refractivity contribution in [3.8, 4) is 6.07 Å². The van der Waals surface area contributed by atoms with Crippen molar-refractivity contribution in [2.24, 2.45) is 0 Å². The number of aromatic nitrogens is 1. The van der Waals surface area contributed by atoms with Crippen LogP contribution in [0.5, 0.6) is 0 Å². The van der Waals surface area contributed by atoms with Gasteiger partial charge in [-0.15, -0.1) is 0 Å². The van der Waals surface area contributed by atoms with Crippen LogP contribution in [-0.4, -0.2) is 13.4 Å². The minimum Gasteiger partial charge on any atom is -0.236 e. The molecule has 4 nitrogen and oxygen atoms in total. The molecule has 1 aromatic carbocycles. The van der Waals surface area contributed by atoms with Crippen molar-refractivity contribution in [3.05, 3.63) is 47.9 Å². The summed E-state index contributed by atoms with van der Waals surface area (Å²) < 4.78 is 23.2. The molecule has 0 saturated carbocycles. The fourth-order valence-electron chi connectivity index (χ4n) is 1.47. The van der Waals surface area contributed by atoms with Crippen molar-refractivity contribution in [3.63, 3.8) is 0 Å². The molecule has 0 aliphatic heterocycles. The number of hydrogen-bond acceptors (Lipinski definition) is 4. The molecule has 1 heterocycles. The van der Waals surface area contributed by atoms with Crippen LogP contribution in [0.4, 0.5) is 0 Å². The first-order chi connectivity index (χ1) is 8.08. The molecule has 2 aromatic rings. The summed E-state index contributed by atoms with van der Waals surface area (Å²) in [6.45, 7) is 3.23. The van der Waals surface area contributed by atoms with Crippen molar-refractivity contribution in [2.75, 3.05) is 0 Å². The van der Waals surface area contributed by atoms with E-state index in [-0.39, 0.29) is 10.6 Å². The van der Waals surface area contributed by atoms with Gasteiger partial charge in [-0.3, -0.25) is 0 Å². The summed E-state index contributed by atoms with van der Waals surface area (Å²) in [6, 6.07) is 10.1. The first-order valence-corrected chi connectivity index (χ1v) is 6.30. The SMILES string of the molecule is C=CS(=O)(=O)c1cc(C#N)c2ccccc2n1. The summed E-state index contributed by atoms with van der Waals surface area (Å²) in [5, 5.41) is 10.3. The molecule has 0 radical (unpaired) electrons. The van der Waals surface area contributed by atoms with E-state index in [1.807, 2.05) is 6.07 Å². The quantitative estimate of drug-likeness (QED) is 0.810. The highest BCUT2D eigenvalue weighted by Gasteiger charge is 2.14. The smallest absolute Gasteiger partial charge is 0.216 e. The van der Waals surface area contributed by atoms with Crippen LogP contribution in [0.25, 0.3) is 10.9 Å². The Bertz CT molecular complexity index is 743. The molecule has 0 unspecified atom stereocenters. The van der Waals surface area contributed by atoms with Gasteiger partial charge in [-0.05, 0) is 12.1 Å². The van der Waals surface area contributed by atoms with E-state index in [2.05, 4.69) is 11.6 Å². The van der Waals surface area contributed by atoms with Crippen molar-refractivity contribution >= 4 is 20.7 Å². The number of benzene rings is 1. The van der Waals surface area contributed by atoms with E-state index in [4.69, 9.17) is 5.26 Å². The lowest BCUT2D eigenvalue weighted by Gasteiger charge is -2.03. The van der Waals surface area contributed by atoms with E-state index in [1.54, 1.807) is 24.3 Å². The van der Waals surface area contributed by atoms with Gasteiger partial charge in [0.2, 0.25) is 9.84 Å². The molecule has 0 N–H and O–H groups in total. The minimum atomic E-state index is -3.62. The van der Waals surface area contributed by atoms with Crippen LogP contribution in [0, 0.1) is 11.3 Å².